The van der Waals surface area contributed by atoms with Crippen molar-refractivity contribution in [3.8, 4) is 5.75 Å². The maximum absolute atomic E-state index is 11.7. The summed E-state index contributed by atoms with van der Waals surface area (Å²) in [6.07, 6.45) is -2.58. The van der Waals surface area contributed by atoms with E-state index >= 15 is 0 Å². The van der Waals surface area contributed by atoms with Gasteiger partial charge in [0.25, 0.3) is 0 Å². The molecule has 0 aromatic heterocycles. The fourth-order valence-corrected chi connectivity index (χ4v) is 2.17. The number of hydrogen-bond donors (Lipinski definition) is 1. The van der Waals surface area contributed by atoms with E-state index in [2.05, 4.69) is 4.74 Å². The zero-order valence-corrected chi connectivity index (χ0v) is 10.2. The van der Waals surface area contributed by atoms with Gasteiger partial charge in [-0.15, -0.1) is 13.2 Å². The Morgan fingerprint density at radius 2 is 2.05 bits per heavy atom. The standard InChI is InChI=1S/C13H15F3O3/c14-13(15,16)19-7-6-18-10-4-5-11-9(8-10)2-1-3-12(11)17/h4-5,8,12,17H,1-3,6-7H2. The largest absolute Gasteiger partial charge is 0.522 e. The first kappa shape index (κ1) is 14.1. The van der Waals surface area contributed by atoms with E-state index in [0.29, 0.717) is 5.75 Å². The molecule has 19 heavy (non-hydrogen) atoms. The molecule has 3 nitrogen and oxygen atoms in total. The molecule has 1 aromatic carbocycles. The first-order valence-corrected chi connectivity index (χ1v) is 6.10. The lowest BCUT2D eigenvalue weighted by molar-refractivity contribution is -0.325. The van der Waals surface area contributed by atoms with Gasteiger partial charge in [0.15, 0.2) is 0 Å². The van der Waals surface area contributed by atoms with Gasteiger partial charge in [-0.1, -0.05) is 6.07 Å². The van der Waals surface area contributed by atoms with Crippen LogP contribution in [-0.2, 0) is 11.2 Å². The normalized spacial score (nSPS) is 19.1. The molecular formula is C13H15F3O3. The number of hydrogen-bond acceptors (Lipinski definition) is 3. The highest BCUT2D eigenvalue weighted by Gasteiger charge is 2.28. The maximum atomic E-state index is 11.7. The highest BCUT2D eigenvalue weighted by atomic mass is 19.4. The van der Waals surface area contributed by atoms with Crippen LogP contribution in [-0.4, -0.2) is 24.7 Å². The number of aliphatic hydroxyl groups is 1. The predicted molar refractivity (Wildman–Crippen MR) is 61.8 cm³/mol. The Morgan fingerprint density at radius 1 is 1.26 bits per heavy atom. The summed E-state index contributed by atoms with van der Waals surface area (Å²) in [7, 11) is 0. The Bertz CT molecular complexity index is 432. The number of aryl methyl sites for hydroxylation is 1. The number of ether oxygens (including phenoxy) is 2. The number of rotatable bonds is 4. The van der Waals surface area contributed by atoms with Crippen LogP contribution in [0.15, 0.2) is 18.2 Å². The van der Waals surface area contributed by atoms with Crippen LogP contribution in [0.4, 0.5) is 13.2 Å². The van der Waals surface area contributed by atoms with E-state index in [0.717, 1.165) is 30.4 Å². The van der Waals surface area contributed by atoms with Crippen molar-refractivity contribution in [2.24, 2.45) is 0 Å². The Kier molecular flexibility index (Phi) is 4.31. The molecule has 1 unspecified atom stereocenters. The molecular weight excluding hydrogens is 261 g/mol. The van der Waals surface area contributed by atoms with E-state index in [1.165, 1.54) is 0 Å². The van der Waals surface area contributed by atoms with E-state index in [1.807, 2.05) is 0 Å². The van der Waals surface area contributed by atoms with Crippen molar-refractivity contribution < 1.29 is 27.8 Å². The summed E-state index contributed by atoms with van der Waals surface area (Å²) in [5.41, 5.74) is 1.87. The van der Waals surface area contributed by atoms with Crippen molar-refractivity contribution in [2.75, 3.05) is 13.2 Å². The number of fused-ring (bicyclic) bond motifs is 1. The number of alkyl halides is 3. The van der Waals surface area contributed by atoms with Crippen LogP contribution in [0.1, 0.15) is 30.1 Å². The zero-order valence-electron chi connectivity index (χ0n) is 10.2. The third kappa shape index (κ3) is 4.11. The lowest BCUT2D eigenvalue weighted by Crippen LogP contribution is -2.18. The quantitative estimate of drug-likeness (QED) is 0.859. The second-order valence-corrected chi connectivity index (χ2v) is 4.41. The van der Waals surface area contributed by atoms with Crippen LogP contribution in [0.25, 0.3) is 0 Å². The van der Waals surface area contributed by atoms with E-state index in [1.54, 1.807) is 18.2 Å². The van der Waals surface area contributed by atoms with Gasteiger partial charge in [0, 0.05) is 0 Å². The van der Waals surface area contributed by atoms with Crippen molar-refractivity contribution in [1.82, 2.24) is 0 Å². The summed E-state index contributed by atoms with van der Waals surface area (Å²) in [6.45, 7) is -0.704. The number of halogens is 3. The average Bonchev–Trinajstić information content (AvgIpc) is 2.34. The summed E-state index contributed by atoms with van der Waals surface area (Å²) in [5.74, 6) is 0.499. The highest BCUT2D eigenvalue weighted by molar-refractivity contribution is 5.38. The molecule has 0 radical (unpaired) electrons. The molecule has 1 N–H and O–H groups in total. The third-order valence-corrected chi connectivity index (χ3v) is 3.01. The summed E-state index contributed by atoms with van der Waals surface area (Å²) in [5, 5.41) is 9.77. The topological polar surface area (TPSA) is 38.7 Å². The fourth-order valence-electron chi connectivity index (χ4n) is 2.17. The highest BCUT2D eigenvalue weighted by Crippen LogP contribution is 2.31. The van der Waals surface area contributed by atoms with Gasteiger partial charge >= 0.3 is 6.36 Å². The molecule has 1 aliphatic rings. The molecule has 0 amide bonds. The van der Waals surface area contributed by atoms with Gasteiger partial charge in [0.05, 0.1) is 12.7 Å². The van der Waals surface area contributed by atoms with E-state index in [9.17, 15) is 18.3 Å². The third-order valence-electron chi connectivity index (χ3n) is 3.01. The smallest absolute Gasteiger partial charge is 0.491 e. The minimum absolute atomic E-state index is 0.166. The first-order valence-electron chi connectivity index (χ1n) is 6.10. The fraction of sp³-hybridized carbons (Fsp3) is 0.538. The van der Waals surface area contributed by atoms with Gasteiger partial charge in [-0.25, -0.2) is 0 Å². The molecule has 0 saturated carbocycles. The monoisotopic (exact) mass is 276 g/mol. The lowest BCUT2D eigenvalue weighted by Gasteiger charge is -2.21. The van der Waals surface area contributed by atoms with Crippen molar-refractivity contribution in [3.05, 3.63) is 29.3 Å². The molecule has 0 bridgehead atoms. The minimum atomic E-state index is -4.62. The molecule has 0 spiro atoms. The second-order valence-electron chi connectivity index (χ2n) is 4.41. The molecule has 6 heteroatoms. The molecule has 1 aromatic rings. The molecule has 1 aliphatic carbocycles. The van der Waals surface area contributed by atoms with Crippen molar-refractivity contribution >= 4 is 0 Å². The van der Waals surface area contributed by atoms with Gasteiger partial charge in [0.1, 0.15) is 12.4 Å². The molecule has 0 saturated heterocycles. The van der Waals surface area contributed by atoms with E-state index in [-0.39, 0.29) is 6.61 Å². The Hall–Kier alpha value is -1.27. The van der Waals surface area contributed by atoms with Crippen LogP contribution in [0.3, 0.4) is 0 Å². The van der Waals surface area contributed by atoms with E-state index < -0.39 is 19.1 Å². The maximum Gasteiger partial charge on any atom is 0.522 e. The van der Waals surface area contributed by atoms with Crippen LogP contribution in [0.5, 0.6) is 5.75 Å². The minimum Gasteiger partial charge on any atom is -0.491 e. The van der Waals surface area contributed by atoms with Crippen molar-refractivity contribution in [1.29, 1.82) is 0 Å². The predicted octanol–water partition coefficient (Wildman–Crippen LogP) is 2.97. The van der Waals surface area contributed by atoms with Crippen LogP contribution < -0.4 is 4.74 Å². The number of benzene rings is 1. The summed E-state index contributed by atoms with van der Waals surface area (Å²) >= 11 is 0. The van der Waals surface area contributed by atoms with Crippen LogP contribution in [0.2, 0.25) is 0 Å². The zero-order chi connectivity index (χ0) is 13.9. The van der Waals surface area contributed by atoms with Gasteiger partial charge in [-0.2, -0.15) is 0 Å². The molecule has 1 atom stereocenters. The lowest BCUT2D eigenvalue weighted by atomic mass is 9.89. The first-order chi connectivity index (χ1) is 8.96. The summed E-state index contributed by atoms with van der Waals surface area (Å²) < 4.78 is 44.0. The SMILES string of the molecule is OC1CCCc2cc(OCCOC(F)(F)F)ccc21. The second kappa shape index (κ2) is 5.79. The molecule has 0 heterocycles. The Morgan fingerprint density at radius 3 is 2.79 bits per heavy atom. The summed E-state index contributed by atoms with van der Waals surface area (Å²) in [4.78, 5) is 0. The molecule has 0 aliphatic heterocycles. The van der Waals surface area contributed by atoms with Gasteiger partial charge < -0.3 is 9.84 Å². The summed E-state index contributed by atoms with van der Waals surface area (Å²) in [6, 6.07) is 5.19. The van der Waals surface area contributed by atoms with Crippen molar-refractivity contribution in [3.63, 3.8) is 0 Å². The average molecular weight is 276 g/mol. The van der Waals surface area contributed by atoms with Crippen molar-refractivity contribution in [2.45, 2.75) is 31.7 Å². The van der Waals surface area contributed by atoms with Crippen LogP contribution in [0, 0.1) is 0 Å². The van der Waals surface area contributed by atoms with Gasteiger partial charge in [0.2, 0.25) is 0 Å². The van der Waals surface area contributed by atoms with Crippen LogP contribution >= 0.6 is 0 Å². The molecule has 2 rings (SSSR count). The van der Waals surface area contributed by atoms with Gasteiger partial charge in [-0.3, -0.25) is 4.74 Å². The number of aliphatic hydroxyl groups excluding tert-OH is 1. The molecule has 106 valence electrons. The molecule has 0 fully saturated rings. The Balaban J connectivity index is 1.88. The Labute approximate surface area is 108 Å². The van der Waals surface area contributed by atoms with Gasteiger partial charge in [-0.05, 0) is 42.5 Å². The van der Waals surface area contributed by atoms with E-state index in [4.69, 9.17) is 4.74 Å².